The van der Waals surface area contributed by atoms with Gasteiger partial charge in [0.25, 0.3) is 5.91 Å². The third-order valence-corrected chi connectivity index (χ3v) is 5.75. The summed E-state index contributed by atoms with van der Waals surface area (Å²) in [6, 6.07) is 16.2. The molecule has 8 nitrogen and oxygen atoms in total. The van der Waals surface area contributed by atoms with E-state index in [-0.39, 0.29) is 18.0 Å². The molecule has 8 heteroatoms. The lowest BCUT2D eigenvalue weighted by atomic mass is 10.0. The first-order valence-electron chi connectivity index (χ1n) is 10.9. The van der Waals surface area contributed by atoms with Crippen molar-refractivity contribution in [2.45, 2.75) is 13.0 Å². The maximum atomic E-state index is 13.0. The molecule has 0 bridgehead atoms. The first kappa shape index (κ1) is 21.1. The zero-order valence-electron chi connectivity index (χ0n) is 17.9. The van der Waals surface area contributed by atoms with Gasteiger partial charge in [0, 0.05) is 51.9 Å². The summed E-state index contributed by atoms with van der Waals surface area (Å²) >= 11 is 0. The molecule has 0 unspecified atom stereocenters. The van der Waals surface area contributed by atoms with Crippen LogP contribution >= 0.6 is 0 Å². The van der Waals surface area contributed by atoms with E-state index < -0.39 is 0 Å². The van der Waals surface area contributed by atoms with E-state index in [4.69, 9.17) is 4.74 Å². The van der Waals surface area contributed by atoms with Gasteiger partial charge in [-0.1, -0.05) is 36.4 Å². The highest BCUT2D eigenvalue weighted by Gasteiger charge is 2.27. The van der Waals surface area contributed by atoms with Crippen molar-refractivity contribution in [2.75, 3.05) is 57.3 Å². The van der Waals surface area contributed by atoms with Crippen LogP contribution in [-0.4, -0.2) is 79.2 Å². The van der Waals surface area contributed by atoms with Crippen LogP contribution in [-0.2, 0) is 4.74 Å². The van der Waals surface area contributed by atoms with Crippen LogP contribution in [0.2, 0.25) is 0 Å². The van der Waals surface area contributed by atoms with Crippen LogP contribution in [0.1, 0.15) is 29.0 Å². The Morgan fingerprint density at radius 1 is 1.00 bits per heavy atom. The van der Waals surface area contributed by atoms with Crippen molar-refractivity contribution in [1.29, 1.82) is 0 Å². The molecule has 0 aliphatic carbocycles. The van der Waals surface area contributed by atoms with Crippen LogP contribution in [0.15, 0.2) is 48.5 Å². The molecule has 0 radical (unpaired) electrons. The third kappa shape index (κ3) is 4.96. The highest BCUT2D eigenvalue weighted by atomic mass is 16.6. The standard InChI is InChI=1S/C23H29N5O3/c1-2-31-23(30)27-15-13-26(14-16-27)22(29)19-9-6-10-21(25-19)28-12-11-24-20(17-28)18-7-4-3-5-8-18/h3-10,20,24H,2,11-17H2,1H3/t20-/m0/s1. The largest absolute Gasteiger partial charge is 0.450 e. The number of carbonyl (C=O) groups excluding carboxylic acids is 2. The minimum Gasteiger partial charge on any atom is -0.450 e. The van der Waals surface area contributed by atoms with E-state index in [1.165, 1.54) is 5.56 Å². The van der Waals surface area contributed by atoms with Crippen LogP contribution in [0.4, 0.5) is 10.6 Å². The average molecular weight is 424 g/mol. The Morgan fingerprint density at radius 2 is 1.74 bits per heavy atom. The second-order valence-corrected chi connectivity index (χ2v) is 7.72. The number of pyridine rings is 1. The molecule has 2 amide bonds. The summed E-state index contributed by atoms with van der Waals surface area (Å²) in [5.74, 6) is 0.721. The van der Waals surface area contributed by atoms with Crippen LogP contribution in [0.5, 0.6) is 0 Å². The lowest BCUT2D eigenvalue weighted by Gasteiger charge is -2.35. The number of nitrogens with one attached hydrogen (secondary N) is 1. The summed E-state index contributed by atoms with van der Waals surface area (Å²) in [6.07, 6.45) is -0.318. The molecule has 0 saturated carbocycles. The van der Waals surface area contributed by atoms with Gasteiger partial charge in [-0.15, -0.1) is 0 Å². The van der Waals surface area contributed by atoms with E-state index in [2.05, 4.69) is 39.5 Å². The van der Waals surface area contributed by atoms with Gasteiger partial charge in [-0.25, -0.2) is 9.78 Å². The van der Waals surface area contributed by atoms with Crippen molar-refractivity contribution in [3.05, 3.63) is 59.8 Å². The molecule has 0 spiro atoms. The number of benzene rings is 1. The number of nitrogens with zero attached hydrogens (tertiary/aromatic N) is 4. The van der Waals surface area contributed by atoms with Crippen molar-refractivity contribution < 1.29 is 14.3 Å². The van der Waals surface area contributed by atoms with Crippen molar-refractivity contribution >= 4 is 17.8 Å². The smallest absolute Gasteiger partial charge is 0.409 e. The maximum absolute atomic E-state index is 13.0. The minimum atomic E-state index is -0.318. The zero-order chi connectivity index (χ0) is 21.6. The van der Waals surface area contributed by atoms with E-state index in [9.17, 15) is 9.59 Å². The molecule has 3 heterocycles. The Bertz CT molecular complexity index is 899. The van der Waals surface area contributed by atoms with Gasteiger partial charge >= 0.3 is 6.09 Å². The Morgan fingerprint density at radius 3 is 2.48 bits per heavy atom. The number of rotatable bonds is 4. The average Bonchev–Trinajstić information content (AvgIpc) is 2.84. The van der Waals surface area contributed by atoms with E-state index >= 15 is 0 Å². The Balaban J connectivity index is 1.40. The fourth-order valence-electron chi connectivity index (χ4n) is 4.05. The molecule has 1 aromatic heterocycles. The number of carbonyl (C=O) groups is 2. The van der Waals surface area contributed by atoms with Gasteiger partial charge in [0.2, 0.25) is 0 Å². The van der Waals surface area contributed by atoms with E-state index in [1.807, 2.05) is 18.2 Å². The molecular weight excluding hydrogens is 394 g/mol. The molecule has 2 saturated heterocycles. The van der Waals surface area contributed by atoms with E-state index in [0.717, 1.165) is 25.5 Å². The zero-order valence-corrected chi connectivity index (χ0v) is 17.9. The molecule has 1 N–H and O–H groups in total. The fourth-order valence-corrected chi connectivity index (χ4v) is 4.05. The lowest BCUT2D eigenvalue weighted by Crippen LogP contribution is -2.51. The highest BCUT2D eigenvalue weighted by Crippen LogP contribution is 2.22. The second kappa shape index (κ2) is 9.78. The molecule has 2 aliphatic rings. The number of ether oxygens (including phenoxy) is 1. The number of hydrogen-bond acceptors (Lipinski definition) is 6. The summed E-state index contributed by atoms with van der Waals surface area (Å²) in [5, 5.41) is 3.56. The summed E-state index contributed by atoms with van der Waals surface area (Å²) in [5.41, 5.74) is 1.69. The van der Waals surface area contributed by atoms with Gasteiger partial charge < -0.3 is 24.8 Å². The quantitative estimate of drug-likeness (QED) is 0.812. The first-order chi connectivity index (χ1) is 15.2. The number of hydrogen-bond donors (Lipinski definition) is 1. The number of amides is 2. The van der Waals surface area contributed by atoms with Crippen LogP contribution in [0.3, 0.4) is 0 Å². The summed E-state index contributed by atoms with van der Waals surface area (Å²) < 4.78 is 5.05. The predicted molar refractivity (Wildman–Crippen MR) is 118 cm³/mol. The van der Waals surface area contributed by atoms with E-state index in [1.54, 1.807) is 22.8 Å². The number of aromatic nitrogens is 1. The topological polar surface area (TPSA) is 78.0 Å². The van der Waals surface area contributed by atoms with Gasteiger partial charge in [-0.2, -0.15) is 0 Å². The predicted octanol–water partition coefficient (Wildman–Crippen LogP) is 2.15. The minimum absolute atomic E-state index is 0.0971. The van der Waals surface area contributed by atoms with Crippen molar-refractivity contribution in [2.24, 2.45) is 0 Å². The summed E-state index contributed by atoms with van der Waals surface area (Å²) in [4.78, 5) is 35.2. The number of anilines is 1. The van der Waals surface area contributed by atoms with Gasteiger partial charge in [-0.3, -0.25) is 4.79 Å². The fraction of sp³-hybridized carbons (Fsp3) is 0.435. The molecule has 31 heavy (non-hydrogen) atoms. The van der Waals surface area contributed by atoms with Crippen molar-refractivity contribution in [3.63, 3.8) is 0 Å². The monoisotopic (exact) mass is 423 g/mol. The van der Waals surface area contributed by atoms with Crippen molar-refractivity contribution in [3.8, 4) is 0 Å². The summed E-state index contributed by atoms with van der Waals surface area (Å²) in [6.45, 7) is 6.54. The molecule has 4 rings (SSSR count). The molecule has 164 valence electrons. The first-order valence-corrected chi connectivity index (χ1v) is 10.9. The molecular formula is C23H29N5O3. The van der Waals surface area contributed by atoms with Gasteiger partial charge in [0.1, 0.15) is 11.5 Å². The maximum Gasteiger partial charge on any atom is 0.409 e. The van der Waals surface area contributed by atoms with Crippen LogP contribution < -0.4 is 10.2 Å². The lowest BCUT2D eigenvalue weighted by molar-refractivity contribution is 0.0566. The van der Waals surface area contributed by atoms with Crippen LogP contribution in [0, 0.1) is 0 Å². The van der Waals surface area contributed by atoms with Gasteiger partial charge in [-0.05, 0) is 24.6 Å². The SMILES string of the molecule is CCOC(=O)N1CCN(C(=O)c2cccc(N3CCN[C@H](c4ccccc4)C3)n2)CC1. The van der Waals surface area contributed by atoms with E-state index in [0.29, 0.717) is 38.5 Å². The Labute approximate surface area is 182 Å². The second-order valence-electron chi connectivity index (χ2n) is 7.72. The normalized spacial score (nSPS) is 19.3. The number of piperazine rings is 2. The van der Waals surface area contributed by atoms with Crippen LogP contribution in [0.25, 0.3) is 0 Å². The molecule has 1 aromatic carbocycles. The highest BCUT2D eigenvalue weighted by molar-refractivity contribution is 5.92. The molecule has 2 aliphatic heterocycles. The third-order valence-electron chi connectivity index (χ3n) is 5.75. The molecule has 2 aromatic rings. The van der Waals surface area contributed by atoms with Gasteiger partial charge in [0.15, 0.2) is 0 Å². The Kier molecular flexibility index (Phi) is 6.66. The molecule has 2 fully saturated rings. The summed E-state index contributed by atoms with van der Waals surface area (Å²) in [7, 11) is 0. The van der Waals surface area contributed by atoms with Crippen molar-refractivity contribution in [1.82, 2.24) is 20.1 Å². The van der Waals surface area contributed by atoms with Gasteiger partial charge in [0.05, 0.1) is 6.61 Å². The Hall–Kier alpha value is -3.13. The molecule has 1 atom stereocenters.